The molecule has 14 heteroatoms. The largest absolute Gasteiger partial charge is 0.423 e. The summed E-state index contributed by atoms with van der Waals surface area (Å²) < 4.78 is 55.9. The molecule has 12 nitrogen and oxygen atoms in total. The van der Waals surface area contributed by atoms with E-state index in [0.29, 0.717) is 0 Å². The minimum atomic E-state index is -4.61. The third kappa shape index (κ3) is 43.7. The van der Waals surface area contributed by atoms with E-state index >= 15 is 0 Å². The quantitative estimate of drug-likeness (QED) is 0.106. The predicted octanol–water partition coefficient (Wildman–Crippen LogP) is 1.36. The van der Waals surface area contributed by atoms with E-state index in [1.165, 1.54) is 64.2 Å². The lowest BCUT2D eigenvalue weighted by Crippen LogP contribution is -1.97. The van der Waals surface area contributed by atoms with Crippen molar-refractivity contribution in [1.82, 2.24) is 0 Å². The van der Waals surface area contributed by atoms with E-state index in [2.05, 4.69) is 8.67 Å². The average molecular weight is 429 g/mol. The maximum Gasteiger partial charge on any atom is 0.423 e. The normalized spacial score (nSPS) is 11.2. The van der Waals surface area contributed by atoms with Gasteiger partial charge in [0.2, 0.25) is 0 Å². The lowest BCUT2D eigenvalue weighted by atomic mass is 10.1. The highest BCUT2D eigenvalue weighted by Gasteiger charge is 1.97. The summed E-state index contributed by atoms with van der Waals surface area (Å²) in [5.41, 5.74) is 10.9. The van der Waals surface area contributed by atoms with Crippen LogP contribution in [0.2, 0.25) is 0 Å². The fourth-order valence-corrected chi connectivity index (χ4v) is 1.70. The van der Waals surface area contributed by atoms with Gasteiger partial charge in [0, 0.05) is 0 Å². The Balaban J connectivity index is -0.000000364. The van der Waals surface area contributed by atoms with E-state index in [4.69, 9.17) is 47.9 Å². The molecule has 0 aliphatic heterocycles. The van der Waals surface area contributed by atoms with Gasteiger partial charge in [0.15, 0.2) is 0 Å². The van der Waals surface area contributed by atoms with Crippen molar-refractivity contribution < 1.29 is 45.1 Å². The van der Waals surface area contributed by atoms with Crippen LogP contribution in [0.25, 0.3) is 0 Å². The van der Waals surface area contributed by atoms with Crippen LogP contribution in [-0.4, -0.2) is 49.5 Å². The smallest absolute Gasteiger partial charge is 0.330 e. The first-order valence-electron chi connectivity index (χ1n) is 8.05. The highest BCUT2D eigenvalue weighted by atomic mass is 32.3. The van der Waals surface area contributed by atoms with Gasteiger partial charge in [0.1, 0.15) is 0 Å². The fourth-order valence-electron chi connectivity index (χ4n) is 1.70. The molecular formula is C12H32N2O10S2. The molecule has 0 saturated carbocycles. The molecule has 0 saturated heterocycles. The van der Waals surface area contributed by atoms with Crippen LogP contribution in [0.15, 0.2) is 0 Å². The molecule has 0 aliphatic carbocycles. The predicted molar refractivity (Wildman–Crippen MR) is 94.8 cm³/mol. The zero-order chi connectivity index (χ0) is 20.9. The Morgan fingerprint density at radius 3 is 0.808 bits per heavy atom. The summed E-state index contributed by atoms with van der Waals surface area (Å²) in [7, 11) is -9.21. The van der Waals surface area contributed by atoms with Gasteiger partial charge in [0.05, 0.1) is 0 Å². The Morgan fingerprint density at radius 1 is 0.538 bits per heavy atom. The van der Waals surface area contributed by atoms with Gasteiger partial charge in [-0.1, -0.05) is 60.0 Å². The van der Waals surface area contributed by atoms with E-state index in [1.54, 1.807) is 0 Å². The van der Waals surface area contributed by atoms with E-state index in [-0.39, 0.29) is 0 Å². The molecule has 0 aromatic rings. The summed E-state index contributed by atoms with van der Waals surface area (Å²) in [6.45, 7) is 1.72. The number of nitrogens with two attached hydrogens (primary N) is 2. The molecule has 0 unspecified atom stereocenters. The lowest BCUT2D eigenvalue weighted by Gasteiger charge is -2.01. The SMILES string of the molecule is NCCCCCCCCCCCCN.O=S(=O)(O)OO.O=S(=O)(O)OO. The van der Waals surface area contributed by atoms with E-state index < -0.39 is 20.8 Å². The minimum Gasteiger partial charge on any atom is -0.330 e. The Hall–Kier alpha value is -0.420. The highest BCUT2D eigenvalue weighted by molar-refractivity contribution is 7.81. The molecule has 0 atom stereocenters. The molecule has 0 fully saturated rings. The zero-order valence-electron chi connectivity index (χ0n) is 14.7. The Kier molecular flexibility index (Phi) is 24.4. The summed E-state index contributed by atoms with van der Waals surface area (Å²) in [5.74, 6) is 0. The molecule has 0 aliphatic rings. The van der Waals surface area contributed by atoms with Gasteiger partial charge in [-0.05, 0) is 25.9 Å². The van der Waals surface area contributed by atoms with Gasteiger partial charge in [-0.15, -0.1) is 0 Å². The number of hydrogen-bond acceptors (Lipinski definition) is 10. The van der Waals surface area contributed by atoms with Gasteiger partial charge >= 0.3 is 20.8 Å². The maximum absolute atomic E-state index is 9.08. The van der Waals surface area contributed by atoms with Gasteiger partial charge in [-0.2, -0.15) is 16.8 Å². The number of unbranched alkanes of at least 4 members (excludes halogenated alkanes) is 9. The van der Waals surface area contributed by atoms with Crippen LogP contribution in [0.1, 0.15) is 64.2 Å². The van der Waals surface area contributed by atoms with Gasteiger partial charge in [0.25, 0.3) is 0 Å². The first-order chi connectivity index (χ1) is 12.0. The first kappa shape index (κ1) is 30.3. The Labute approximate surface area is 155 Å². The van der Waals surface area contributed by atoms with Gasteiger partial charge in [-0.25, -0.2) is 10.5 Å². The average Bonchev–Trinajstić information content (AvgIpc) is 2.56. The third-order valence-corrected chi connectivity index (χ3v) is 3.22. The third-order valence-electron chi connectivity index (χ3n) is 2.85. The molecule has 0 aromatic heterocycles. The number of rotatable bonds is 13. The van der Waals surface area contributed by atoms with E-state index in [9.17, 15) is 0 Å². The molecule has 0 aromatic carbocycles. The second-order valence-corrected chi connectivity index (χ2v) is 7.13. The summed E-state index contributed by atoms with van der Waals surface area (Å²) in [6, 6.07) is 0. The standard InChI is InChI=1S/C12H28N2.2H2O5S/c13-11-9-7-5-3-1-2-4-6-8-10-12-14;2*1-5-6(2,3)4/h1-14H2;2*1H,(H,2,3,4). The zero-order valence-corrected chi connectivity index (χ0v) is 16.3. The molecular weight excluding hydrogens is 396 g/mol. The van der Waals surface area contributed by atoms with Crippen molar-refractivity contribution in [2.75, 3.05) is 13.1 Å². The molecule has 0 rings (SSSR count). The van der Waals surface area contributed by atoms with Crippen molar-refractivity contribution in [1.29, 1.82) is 0 Å². The van der Waals surface area contributed by atoms with Crippen molar-refractivity contribution in [3.63, 3.8) is 0 Å². The molecule has 0 amide bonds. The fraction of sp³-hybridized carbons (Fsp3) is 1.00. The first-order valence-corrected chi connectivity index (χ1v) is 10.8. The second-order valence-electron chi connectivity index (χ2n) is 5.12. The molecule has 0 heterocycles. The molecule has 0 spiro atoms. The van der Waals surface area contributed by atoms with Crippen LogP contribution in [0, 0.1) is 0 Å². The van der Waals surface area contributed by atoms with Crippen LogP contribution in [0.3, 0.4) is 0 Å². The summed E-state index contributed by atoms with van der Waals surface area (Å²) in [6.07, 6.45) is 13.4. The lowest BCUT2D eigenvalue weighted by molar-refractivity contribution is -0.139. The van der Waals surface area contributed by atoms with Crippen molar-refractivity contribution in [2.24, 2.45) is 11.5 Å². The van der Waals surface area contributed by atoms with Crippen LogP contribution >= 0.6 is 0 Å². The van der Waals surface area contributed by atoms with E-state index in [1.807, 2.05) is 0 Å². The maximum atomic E-state index is 9.08. The summed E-state index contributed by atoms with van der Waals surface area (Å²) >= 11 is 0. The topological polar surface area (TPSA) is 220 Å². The van der Waals surface area contributed by atoms with E-state index in [0.717, 1.165) is 13.1 Å². The molecule has 8 N–H and O–H groups in total. The van der Waals surface area contributed by atoms with Crippen LogP contribution in [0.5, 0.6) is 0 Å². The molecule has 0 bridgehead atoms. The van der Waals surface area contributed by atoms with Gasteiger partial charge < -0.3 is 11.5 Å². The van der Waals surface area contributed by atoms with Crippen molar-refractivity contribution in [3.8, 4) is 0 Å². The Morgan fingerprint density at radius 2 is 0.692 bits per heavy atom. The van der Waals surface area contributed by atoms with Crippen molar-refractivity contribution in [2.45, 2.75) is 64.2 Å². The van der Waals surface area contributed by atoms with Crippen LogP contribution < -0.4 is 11.5 Å². The van der Waals surface area contributed by atoms with Crippen molar-refractivity contribution >= 4 is 20.8 Å². The highest BCUT2D eigenvalue weighted by Crippen LogP contribution is 2.09. The molecule has 0 radical (unpaired) electrons. The molecule has 26 heavy (non-hydrogen) atoms. The monoisotopic (exact) mass is 428 g/mol. The van der Waals surface area contributed by atoms with Crippen LogP contribution in [0.4, 0.5) is 0 Å². The minimum absolute atomic E-state index is 0.860. The summed E-state index contributed by atoms with van der Waals surface area (Å²) in [4.78, 5) is 0. The summed E-state index contributed by atoms with van der Waals surface area (Å²) in [5, 5.41) is 14.1. The second kappa shape index (κ2) is 20.9. The number of hydrogen-bond donors (Lipinski definition) is 6. The van der Waals surface area contributed by atoms with Gasteiger partial charge in [-0.3, -0.25) is 9.11 Å². The molecule has 162 valence electrons. The van der Waals surface area contributed by atoms with Crippen molar-refractivity contribution in [3.05, 3.63) is 0 Å². The Bertz CT molecular complexity index is 426. The van der Waals surface area contributed by atoms with Crippen LogP contribution in [-0.2, 0) is 29.5 Å².